The molecule has 4 saturated carbocycles. The average Bonchev–Trinajstić information content (AvgIpc) is 3.89. The van der Waals surface area contributed by atoms with Gasteiger partial charge >= 0.3 is 0 Å². The van der Waals surface area contributed by atoms with E-state index in [0.29, 0.717) is 0 Å². The number of fused-ring (bicyclic) bond motifs is 6. The lowest BCUT2D eigenvalue weighted by Gasteiger charge is -2.61. The highest BCUT2D eigenvalue weighted by Gasteiger charge is 2.61. The number of anilines is 3. The predicted molar refractivity (Wildman–Crippen MR) is 279 cm³/mol. The Balaban J connectivity index is 0.813. The second-order valence-electron chi connectivity index (χ2n) is 19.7. The molecule has 10 aromatic rings. The van der Waals surface area contributed by atoms with Crippen molar-refractivity contribution in [3.8, 4) is 55.6 Å². The van der Waals surface area contributed by atoms with Crippen molar-refractivity contribution >= 4 is 48.6 Å². The van der Waals surface area contributed by atoms with Gasteiger partial charge in [-0.15, -0.1) is 11.3 Å². The van der Waals surface area contributed by atoms with Crippen LogP contribution >= 0.6 is 11.3 Å². The summed E-state index contributed by atoms with van der Waals surface area (Å²) in [4.78, 5) is 2.40. The van der Waals surface area contributed by atoms with E-state index in [1.165, 1.54) is 108 Å². The van der Waals surface area contributed by atoms with Gasteiger partial charge in [0.05, 0.1) is 0 Å². The van der Waals surface area contributed by atoms with Gasteiger partial charge in [-0.05, 0) is 177 Å². The van der Waals surface area contributed by atoms with Crippen molar-refractivity contribution in [2.24, 2.45) is 23.7 Å². The van der Waals surface area contributed by atoms with Gasteiger partial charge in [0.2, 0.25) is 0 Å². The molecule has 1 spiro atoms. The lowest BCUT2D eigenvalue weighted by Crippen LogP contribution is -2.55. The van der Waals surface area contributed by atoms with Crippen molar-refractivity contribution in [2.75, 3.05) is 4.90 Å². The molecule has 4 fully saturated rings. The Morgan fingerprint density at radius 1 is 0.333 bits per heavy atom. The number of rotatable bonds is 7. The van der Waals surface area contributed by atoms with E-state index in [1.54, 1.807) is 11.1 Å². The molecule has 0 N–H and O–H groups in total. The van der Waals surface area contributed by atoms with Crippen LogP contribution < -0.4 is 4.90 Å². The van der Waals surface area contributed by atoms with Crippen molar-refractivity contribution in [1.29, 1.82) is 0 Å². The molecule has 0 amide bonds. The maximum atomic E-state index is 2.56. The van der Waals surface area contributed by atoms with Crippen molar-refractivity contribution in [2.45, 2.75) is 37.5 Å². The van der Waals surface area contributed by atoms with Crippen LogP contribution in [-0.2, 0) is 5.41 Å². The Kier molecular flexibility index (Phi) is 8.71. The van der Waals surface area contributed by atoms with Crippen molar-refractivity contribution < 1.29 is 0 Å². The first-order valence-electron chi connectivity index (χ1n) is 24.1. The molecular formula is C64H49NS. The normalized spacial score (nSPS) is 21.1. The van der Waals surface area contributed by atoms with E-state index >= 15 is 0 Å². The maximum Gasteiger partial charge on any atom is 0.0476 e. The number of benzene rings is 9. The molecule has 1 nitrogen and oxygen atoms in total. The molecule has 4 bridgehead atoms. The lowest BCUT2D eigenvalue weighted by molar-refractivity contribution is -0.0399. The Hall–Kier alpha value is -7.00. The third-order valence-electron chi connectivity index (χ3n) is 16.3. The molecule has 0 radical (unpaired) electrons. The predicted octanol–water partition coefficient (Wildman–Crippen LogP) is 17.9. The molecule has 0 saturated heterocycles. The molecule has 0 unspecified atom stereocenters. The van der Waals surface area contributed by atoms with Crippen molar-refractivity contribution in [3.63, 3.8) is 0 Å². The molecular weight excluding hydrogens is 815 g/mol. The number of hydrogen-bond donors (Lipinski definition) is 0. The fraction of sp³-hybridized carbons (Fsp3) is 0.156. The van der Waals surface area contributed by atoms with Gasteiger partial charge in [-0.25, -0.2) is 0 Å². The molecule has 1 heterocycles. The van der Waals surface area contributed by atoms with Gasteiger partial charge in [-0.3, -0.25) is 0 Å². The molecule has 9 aromatic carbocycles. The fourth-order valence-corrected chi connectivity index (χ4v) is 14.9. The van der Waals surface area contributed by atoms with Crippen LogP contribution in [0.1, 0.15) is 43.2 Å². The van der Waals surface area contributed by atoms with Crippen LogP contribution in [0.4, 0.5) is 17.1 Å². The lowest BCUT2D eigenvalue weighted by atomic mass is 9.43. The van der Waals surface area contributed by atoms with Crippen molar-refractivity contribution in [3.05, 3.63) is 223 Å². The fourth-order valence-electron chi connectivity index (χ4n) is 13.7. The summed E-state index contributed by atoms with van der Waals surface area (Å²) in [6.07, 6.45) is 7.13. The summed E-state index contributed by atoms with van der Waals surface area (Å²) in [5.74, 6) is 3.44. The van der Waals surface area contributed by atoms with E-state index in [4.69, 9.17) is 0 Å². The third kappa shape index (κ3) is 5.90. The average molecular weight is 864 g/mol. The summed E-state index contributed by atoms with van der Waals surface area (Å²) in [5, 5.41) is 2.63. The van der Waals surface area contributed by atoms with Gasteiger partial charge in [0.15, 0.2) is 0 Å². The summed E-state index contributed by atoms with van der Waals surface area (Å²) in [5.41, 5.74) is 19.8. The molecule has 1 aromatic heterocycles. The van der Waals surface area contributed by atoms with Gasteiger partial charge in [-0.2, -0.15) is 0 Å². The van der Waals surface area contributed by atoms with Crippen LogP contribution in [0.3, 0.4) is 0 Å². The first-order chi connectivity index (χ1) is 32.7. The molecule has 0 atom stereocenters. The Bertz CT molecular complexity index is 3460. The summed E-state index contributed by atoms with van der Waals surface area (Å²) in [6, 6.07) is 79.8. The Morgan fingerprint density at radius 3 is 1.58 bits per heavy atom. The second kappa shape index (κ2) is 15.0. The quantitative estimate of drug-likeness (QED) is 0.154. The van der Waals surface area contributed by atoms with Crippen LogP contribution in [0.25, 0.3) is 75.8 Å². The molecule has 66 heavy (non-hydrogen) atoms. The highest BCUT2D eigenvalue weighted by atomic mass is 32.1. The summed E-state index contributed by atoms with van der Waals surface area (Å²) >= 11 is 1.87. The zero-order valence-electron chi connectivity index (χ0n) is 36.9. The minimum absolute atomic E-state index is 0.193. The zero-order chi connectivity index (χ0) is 43.3. The minimum atomic E-state index is 0.193. The highest BCUT2D eigenvalue weighted by Crippen LogP contribution is 2.69. The zero-order valence-corrected chi connectivity index (χ0v) is 37.7. The van der Waals surface area contributed by atoms with Crippen LogP contribution in [0.15, 0.2) is 212 Å². The SMILES string of the molecule is c1ccc(-c2ccc(N(c3ccc(-c4cccc(-c5ccccc5-c5ccc6c(c5)-c5ccccc5C65C6CC7CC(C6)CC5C7)c4)cc3)c3ccc4c(c3)sc3ccccc34)cc2)cc1. The van der Waals surface area contributed by atoms with Crippen LogP contribution in [0.5, 0.6) is 0 Å². The highest BCUT2D eigenvalue weighted by molar-refractivity contribution is 7.25. The summed E-state index contributed by atoms with van der Waals surface area (Å²) in [7, 11) is 0. The van der Waals surface area contributed by atoms with Crippen LogP contribution in [0.2, 0.25) is 0 Å². The molecule has 0 aliphatic heterocycles. The van der Waals surface area contributed by atoms with Gasteiger partial charge in [0, 0.05) is 42.6 Å². The first kappa shape index (κ1) is 38.3. The Labute approximate surface area is 391 Å². The molecule has 2 heteroatoms. The molecule has 316 valence electrons. The molecule has 15 rings (SSSR count). The molecule has 5 aliphatic carbocycles. The second-order valence-corrected chi connectivity index (χ2v) is 20.8. The topological polar surface area (TPSA) is 3.24 Å². The maximum absolute atomic E-state index is 2.56. The van der Waals surface area contributed by atoms with Gasteiger partial charge in [-0.1, -0.05) is 158 Å². The number of thiophene rings is 1. The number of nitrogens with zero attached hydrogens (tertiary/aromatic N) is 1. The van der Waals surface area contributed by atoms with Crippen molar-refractivity contribution in [1.82, 2.24) is 0 Å². The van der Waals surface area contributed by atoms with Crippen LogP contribution in [0, 0.1) is 23.7 Å². The van der Waals surface area contributed by atoms with E-state index in [-0.39, 0.29) is 5.41 Å². The smallest absolute Gasteiger partial charge is 0.0476 e. The Morgan fingerprint density at radius 2 is 0.848 bits per heavy atom. The monoisotopic (exact) mass is 863 g/mol. The number of hydrogen-bond acceptors (Lipinski definition) is 2. The van der Waals surface area contributed by atoms with Crippen LogP contribution in [-0.4, -0.2) is 0 Å². The van der Waals surface area contributed by atoms with E-state index in [1.807, 2.05) is 11.3 Å². The van der Waals surface area contributed by atoms with Gasteiger partial charge in [0.25, 0.3) is 0 Å². The summed E-state index contributed by atoms with van der Waals surface area (Å²) in [6.45, 7) is 0. The minimum Gasteiger partial charge on any atom is -0.310 e. The third-order valence-corrected chi connectivity index (χ3v) is 17.4. The standard InChI is InChI=1S/C64H49NS/c1-2-11-43(12-3-1)44-21-26-51(27-22-44)65(53-30-31-58-57-18-7-9-20-62(57)66-63(58)40-53)52-28-23-45(24-29-52)46-13-10-14-47(38-46)54-15-4-5-16-55(54)48-25-32-61-59(39-48)56-17-6-8-19-60(56)64(61)49-34-41-33-42(36-49)37-50(64)35-41/h1-32,38-42,49-50H,33-37H2. The van der Waals surface area contributed by atoms with E-state index < -0.39 is 0 Å². The largest absolute Gasteiger partial charge is 0.310 e. The van der Waals surface area contributed by atoms with Gasteiger partial charge < -0.3 is 4.90 Å². The van der Waals surface area contributed by atoms with E-state index in [2.05, 4.69) is 217 Å². The van der Waals surface area contributed by atoms with E-state index in [9.17, 15) is 0 Å². The van der Waals surface area contributed by atoms with E-state index in [0.717, 1.165) is 40.7 Å². The summed E-state index contributed by atoms with van der Waals surface area (Å²) < 4.78 is 2.62. The van der Waals surface area contributed by atoms with Gasteiger partial charge in [0.1, 0.15) is 0 Å². The molecule has 5 aliphatic rings. The first-order valence-corrected chi connectivity index (χ1v) is 24.9.